The van der Waals surface area contributed by atoms with Crippen molar-refractivity contribution in [3.8, 4) is 22.8 Å². The van der Waals surface area contributed by atoms with E-state index in [4.69, 9.17) is 19.0 Å². The molecule has 1 aromatic heterocycles. The van der Waals surface area contributed by atoms with Crippen molar-refractivity contribution in [2.75, 3.05) is 19.0 Å². The zero-order chi connectivity index (χ0) is 20.1. The lowest BCUT2D eigenvalue weighted by molar-refractivity contribution is -0.118. The number of furan rings is 1. The number of carbonyl (C=O) groups is 1. The number of nitrogens with one attached hydrogen (secondary N) is 1. The molecule has 1 heterocycles. The minimum atomic E-state index is -0.301. The molecular weight excluding hydrogens is 358 g/mol. The van der Waals surface area contributed by atoms with E-state index in [0.717, 1.165) is 16.7 Å². The minimum Gasteiger partial charge on any atom is -0.495 e. The third-order valence-corrected chi connectivity index (χ3v) is 4.14. The van der Waals surface area contributed by atoms with E-state index in [1.807, 2.05) is 38.1 Å². The quantitative estimate of drug-likeness (QED) is 0.644. The fourth-order valence-electron chi connectivity index (χ4n) is 2.93. The zero-order valence-electron chi connectivity index (χ0n) is 16.1. The van der Waals surface area contributed by atoms with E-state index in [0.29, 0.717) is 28.7 Å². The van der Waals surface area contributed by atoms with Crippen LogP contribution in [-0.2, 0) is 11.4 Å². The van der Waals surface area contributed by atoms with Crippen LogP contribution in [0.1, 0.15) is 16.9 Å². The number of amides is 1. The maximum absolute atomic E-state index is 12.4. The molecular formula is C22H23NO5. The van der Waals surface area contributed by atoms with Gasteiger partial charge in [-0.05, 0) is 67.4 Å². The summed E-state index contributed by atoms with van der Waals surface area (Å²) in [5.41, 5.74) is 3.41. The average molecular weight is 381 g/mol. The summed E-state index contributed by atoms with van der Waals surface area (Å²) in [5, 5.41) is 12.0. The molecule has 146 valence electrons. The Labute approximate surface area is 163 Å². The van der Waals surface area contributed by atoms with Crippen LogP contribution in [0.15, 0.2) is 52.9 Å². The molecule has 0 atom stereocenters. The molecule has 0 radical (unpaired) electrons. The summed E-state index contributed by atoms with van der Waals surface area (Å²) in [6.45, 7) is 3.67. The van der Waals surface area contributed by atoms with Crippen molar-refractivity contribution in [3.05, 3.63) is 65.4 Å². The highest BCUT2D eigenvalue weighted by atomic mass is 16.5. The van der Waals surface area contributed by atoms with Gasteiger partial charge in [-0.15, -0.1) is 0 Å². The van der Waals surface area contributed by atoms with Gasteiger partial charge in [-0.2, -0.15) is 0 Å². The third-order valence-electron chi connectivity index (χ3n) is 4.14. The highest BCUT2D eigenvalue weighted by Crippen LogP contribution is 2.31. The Morgan fingerprint density at radius 2 is 1.82 bits per heavy atom. The molecule has 2 N–H and O–H groups in total. The SMILES string of the molecule is COc1ccc(-c2ccc(CO)o2)cc1NC(=O)COc1cc(C)cc(C)c1. The van der Waals surface area contributed by atoms with E-state index in [1.54, 1.807) is 24.3 Å². The van der Waals surface area contributed by atoms with Crippen molar-refractivity contribution in [3.63, 3.8) is 0 Å². The number of hydrogen-bond donors (Lipinski definition) is 2. The molecule has 0 saturated carbocycles. The minimum absolute atomic E-state index is 0.119. The van der Waals surface area contributed by atoms with Crippen LogP contribution in [0, 0.1) is 13.8 Å². The fourth-order valence-corrected chi connectivity index (χ4v) is 2.93. The van der Waals surface area contributed by atoms with Crippen LogP contribution >= 0.6 is 0 Å². The van der Waals surface area contributed by atoms with Crippen molar-refractivity contribution in [2.45, 2.75) is 20.5 Å². The predicted octanol–water partition coefficient (Wildman–Crippen LogP) is 4.08. The lowest BCUT2D eigenvalue weighted by Gasteiger charge is -2.12. The van der Waals surface area contributed by atoms with Crippen molar-refractivity contribution in [2.24, 2.45) is 0 Å². The number of aliphatic hydroxyl groups excluding tert-OH is 1. The van der Waals surface area contributed by atoms with E-state index in [1.165, 1.54) is 7.11 Å². The normalized spacial score (nSPS) is 10.6. The standard InChI is InChI=1S/C22H23NO5/c1-14-8-15(2)10-18(9-14)27-13-22(25)23-19-11-16(4-6-21(19)26-3)20-7-5-17(12-24)28-20/h4-11,24H,12-13H2,1-3H3,(H,23,25). The second-order valence-corrected chi connectivity index (χ2v) is 6.50. The Morgan fingerprint density at radius 1 is 1.07 bits per heavy atom. The number of carbonyl (C=O) groups excluding carboxylic acids is 1. The van der Waals surface area contributed by atoms with Gasteiger partial charge in [-0.25, -0.2) is 0 Å². The van der Waals surface area contributed by atoms with Gasteiger partial charge in [-0.3, -0.25) is 4.79 Å². The molecule has 6 nitrogen and oxygen atoms in total. The Balaban J connectivity index is 1.72. The summed E-state index contributed by atoms with van der Waals surface area (Å²) < 4.78 is 16.5. The lowest BCUT2D eigenvalue weighted by atomic mass is 10.1. The number of anilines is 1. The topological polar surface area (TPSA) is 80.9 Å². The number of hydrogen-bond acceptors (Lipinski definition) is 5. The van der Waals surface area contributed by atoms with Gasteiger partial charge in [0.15, 0.2) is 6.61 Å². The van der Waals surface area contributed by atoms with Crippen LogP contribution in [0.2, 0.25) is 0 Å². The second kappa shape index (κ2) is 8.63. The summed E-state index contributed by atoms with van der Waals surface area (Å²) in [4.78, 5) is 12.4. The van der Waals surface area contributed by atoms with E-state index in [2.05, 4.69) is 5.32 Å². The lowest BCUT2D eigenvalue weighted by Crippen LogP contribution is -2.20. The first-order valence-electron chi connectivity index (χ1n) is 8.87. The summed E-state index contributed by atoms with van der Waals surface area (Å²) in [5.74, 6) is 1.94. The Kier molecular flexibility index (Phi) is 6.01. The van der Waals surface area contributed by atoms with Crippen molar-refractivity contribution in [1.82, 2.24) is 0 Å². The van der Waals surface area contributed by atoms with Crippen LogP contribution in [0.25, 0.3) is 11.3 Å². The number of methoxy groups -OCH3 is 1. The molecule has 3 rings (SSSR count). The molecule has 3 aromatic rings. The first-order valence-corrected chi connectivity index (χ1v) is 8.87. The van der Waals surface area contributed by atoms with Crippen LogP contribution in [0.5, 0.6) is 11.5 Å². The zero-order valence-corrected chi connectivity index (χ0v) is 16.1. The van der Waals surface area contributed by atoms with Gasteiger partial charge in [-0.1, -0.05) is 6.07 Å². The summed E-state index contributed by atoms with van der Waals surface area (Å²) >= 11 is 0. The first-order chi connectivity index (χ1) is 13.5. The predicted molar refractivity (Wildman–Crippen MR) is 107 cm³/mol. The molecule has 0 fully saturated rings. The van der Waals surface area contributed by atoms with Gasteiger partial charge in [0.1, 0.15) is 29.6 Å². The van der Waals surface area contributed by atoms with Gasteiger partial charge < -0.3 is 24.3 Å². The van der Waals surface area contributed by atoms with E-state index >= 15 is 0 Å². The number of benzene rings is 2. The Morgan fingerprint density at radius 3 is 2.46 bits per heavy atom. The van der Waals surface area contributed by atoms with Crippen LogP contribution < -0.4 is 14.8 Å². The molecule has 0 unspecified atom stereocenters. The number of aryl methyl sites for hydroxylation is 2. The molecule has 6 heteroatoms. The highest BCUT2D eigenvalue weighted by Gasteiger charge is 2.12. The molecule has 2 aromatic carbocycles. The maximum atomic E-state index is 12.4. The highest BCUT2D eigenvalue weighted by molar-refractivity contribution is 5.94. The molecule has 0 aliphatic rings. The monoisotopic (exact) mass is 381 g/mol. The van der Waals surface area contributed by atoms with Crippen molar-refractivity contribution in [1.29, 1.82) is 0 Å². The van der Waals surface area contributed by atoms with Gasteiger partial charge in [0.25, 0.3) is 5.91 Å². The largest absolute Gasteiger partial charge is 0.495 e. The van der Waals surface area contributed by atoms with Gasteiger partial charge in [0.05, 0.1) is 12.8 Å². The molecule has 0 bridgehead atoms. The van der Waals surface area contributed by atoms with Gasteiger partial charge in [0.2, 0.25) is 0 Å². The molecule has 0 spiro atoms. The summed E-state index contributed by atoms with van der Waals surface area (Å²) in [6.07, 6.45) is 0. The number of ether oxygens (including phenoxy) is 2. The number of rotatable bonds is 7. The fraction of sp³-hybridized carbons (Fsp3) is 0.227. The van der Waals surface area contributed by atoms with Crippen molar-refractivity contribution >= 4 is 11.6 Å². The Bertz CT molecular complexity index is 957. The molecule has 28 heavy (non-hydrogen) atoms. The van der Waals surface area contributed by atoms with Crippen LogP contribution in [0.4, 0.5) is 5.69 Å². The van der Waals surface area contributed by atoms with Crippen LogP contribution in [-0.4, -0.2) is 24.7 Å². The van der Waals surface area contributed by atoms with E-state index in [-0.39, 0.29) is 19.1 Å². The van der Waals surface area contributed by atoms with Gasteiger partial charge >= 0.3 is 0 Å². The molecule has 0 aliphatic carbocycles. The Hall–Kier alpha value is -3.25. The second-order valence-electron chi connectivity index (χ2n) is 6.50. The maximum Gasteiger partial charge on any atom is 0.262 e. The van der Waals surface area contributed by atoms with Crippen LogP contribution in [0.3, 0.4) is 0 Å². The van der Waals surface area contributed by atoms with Crippen molar-refractivity contribution < 1.29 is 23.8 Å². The first kappa shape index (κ1) is 19.5. The average Bonchev–Trinajstić information content (AvgIpc) is 3.15. The van der Waals surface area contributed by atoms with E-state index in [9.17, 15) is 4.79 Å². The third kappa shape index (κ3) is 4.72. The van der Waals surface area contributed by atoms with Gasteiger partial charge in [0, 0.05) is 5.56 Å². The number of aliphatic hydroxyl groups is 1. The van der Waals surface area contributed by atoms with E-state index < -0.39 is 0 Å². The summed E-state index contributed by atoms with van der Waals surface area (Å²) in [6, 6.07) is 14.6. The molecule has 1 amide bonds. The molecule has 0 saturated heterocycles. The summed E-state index contributed by atoms with van der Waals surface area (Å²) in [7, 11) is 1.54. The smallest absolute Gasteiger partial charge is 0.262 e. The molecule has 0 aliphatic heterocycles.